The zero-order valence-corrected chi connectivity index (χ0v) is 11.8. The van der Waals surface area contributed by atoms with Crippen LogP contribution in [0.1, 0.15) is 16.7 Å². The Kier molecular flexibility index (Phi) is 2.40. The van der Waals surface area contributed by atoms with Gasteiger partial charge in [0.2, 0.25) is 0 Å². The van der Waals surface area contributed by atoms with Crippen LogP contribution in [0.25, 0.3) is 5.57 Å². The third-order valence-electron chi connectivity index (χ3n) is 4.79. The van der Waals surface area contributed by atoms with Crippen LogP contribution >= 0.6 is 0 Å². The predicted molar refractivity (Wildman–Crippen MR) is 76.9 cm³/mol. The molecule has 4 rings (SSSR count). The molecule has 4 unspecified atom stereocenters. The van der Waals surface area contributed by atoms with Crippen molar-refractivity contribution in [2.45, 2.75) is 26.1 Å². The number of ether oxygens (including phenoxy) is 1. The summed E-state index contributed by atoms with van der Waals surface area (Å²) >= 11 is 0. The molecule has 4 nitrogen and oxygen atoms in total. The van der Waals surface area contributed by atoms with E-state index >= 15 is 0 Å². The third kappa shape index (κ3) is 1.51. The van der Waals surface area contributed by atoms with Gasteiger partial charge in [0.25, 0.3) is 0 Å². The van der Waals surface area contributed by atoms with Crippen LogP contribution in [-0.4, -0.2) is 28.2 Å². The molecule has 1 aromatic carbocycles. The molecule has 0 spiro atoms. The Hall–Kier alpha value is -2.07. The number of Topliss-reactive ketones (excluding diaryl/α,β-unsaturated/α-hetero) is 1. The monoisotopic (exact) mass is 284 g/mol. The first-order valence-electron chi connectivity index (χ1n) is 7.10. The first-order valence-corrected chi connectivity index (χ1v) is 7.10. The molecule has 1 aliphatic carbocycles. The molecule has 108 valence electrons. The van der Waals surface area contributed by atoms with E-state index in [4.69, 9.17) is 4.74 Å². The smallest absolute Gasteiger partial charge is 0.173 e. The third-order valence-corrected chi connectivity index (χ3v) is 4.79. The number of allylic oxidation sites excluding steroid dienone is 1. The van der Waals surface area contributed by atoms with Gasteiger partial charge in [-0.1, -0.05) is 12.2 Å². The number of ketones is 1. The van der Waals surface area contributed by atoms with E-state index in [0.717, 1.165) is 16.7 Å². The minimum atomic E-state index is -0.303. The molecular formula is C17H16O4. The SMILES string of the molecule is Cc1cc(O)cc(C)c1C1=C(O)C2C3C=CC(O3)C2C1=O. The van der Waals surface area contributed by atoms with Gasteiger partial charge in [-0.15, -0.1) is 0 Å². The van der Waals surface area contributed by atoms with Gasteiger partial charge in [0.05, 0.1) is 29.6 Å². The highest BCUT2D eigenvalue weighted by atomic mass is 16.5. The molecule has 1 aromatic rings. The van der Waals surface area contributed by atoms with E-state index in [0.29, 0.717) is 5.57 Å². The van der Waals surface area contributed by atoms with Crippen LogP contribution in [0.4, 0.5) is 0 Å². The lowest BCUT2D eigenvalue weighted by atomic mass is 9.84. The Morgan fingerprint density at radius 1 is 1.00 bits per heavy atom. The van der Waals surface area contributed by atoms with E-state index in [9.17, 15) is 15.0 Å². The van der Waals surface area contributed by atoms with Crippen molar-refractivity contribution in [3.63, 3.8) is 0 Å². The summed E-state index contributed by atoms with van der Waals surface area (Å²) in [6.07, 6.45) is 3.43. The van der Waals surface area contributed by atoms with Gasteiger partial charge in [0.15, 0.2) is 5.78 Å². The topological polar surface area (TPSA) is 66.8 Å². The molecule has 0 radical (unpaired) electrons. The normalized spacial score (nSPS) is 33.1. The molecule has 2 aliphatic heterocycles. The summed E-state index contributed by atoms with van der Waals surface area (Å²) in [5, 5.41) is 20.3. The summed E-state index contributed by atoms with van der Waals surface area (Å²) in [7, 11) is 0. The van der Waals surface area contributed by atoms with Crippen LogP contribution in [0, 0.1) is 25.7 Å². The number of hydrogen-bond donors (Lipinski definition) is 2. The van der Waals surface area contributed by atoms with E-state index in [2.05, 4.69) is 0 Å². The van der Waals surface area contributed by atoms with Crippen molar-refractivity contribution in [1.82, 2.24) is 0 Å². The van der Waals surface area contributed by atoms with Gasteiger partial charge >= 0.3 is 0 Å². The number of rotatable bonds is 1. The fraction of sp³-hybridized carbons (Fsp3) is 0.353. The van der Waals surface area contributed by atoms with Crippen molar-refractivity contribution >= 4 is 11.4 Å². The van der Waals surface area contributed by atoms with Crippen molar-refractivity contribution in [3.05, 3.63) is 46.7 Å². The largest absolute Gasteiger partial charge is 0.511 e. The van der Waals surface area contributed by atoms with Gasteiger partial charge in [0, 0.05) is 0 Å². The lowest BCUT2D eigenvalue weighted by Gasteiger charge is -2.15. The maximum absolute atomic E-state index is 12.8. The lowest BCUT2D eigenvalue weighted by molar-refractivity contribution is -0.118. The van der Waals surface area contributed by atoms with Crippen molar-refractivity contribution in [2.24, 2.45) is 11.8 Å². The van der Waals surface area contributed by atoms with Gasteiger partial charge in [-0.3, -0.25) is 4.79 Å². The predicted octanol–water partition coefficient (Wildman–Crippen LogP) is 2.43. The maximum Gasteiger partial charge on any atom is 0.173 e. The highest BCUT2D eigenvalue weighted by Gasteiger charge is 2.57. The molecule has 1 fully saturated rings. The molecule has 3 aliphatic rings. The number of aryl methyl sites for hydroxylation is 2. The quantitative estimate of drug-likeness (QED) is 0.777. The van der Waals surface area contributed by atoms with Crippen LogP contribution in [0.2, 0.25) is 0 Å². The van der Waals surface area contributed by atoms with E-state index < -0.39 is 0 Å². The Morgan fingerprint density at radius 2 is 1.57 bits per heavy atom. The number of hydrogen-bond acceptors (Lipinski definition) is 4. The van der Waals surface area contributed by atoms with Crippen LogP contribution in [0.3, 0.4) is 0 Å². The molecule has 2 heterocycles. The number of carbonyl (C=O) groups excluding carboxylic acids is 1. The summed E-state index contributed by atoms with van der Waals surface area (Å²) in [6, 6.07) is 3.24. The molecule has 0 saturated carbocycles. The molecule has 0 amide bonds. The molecule has 4 heteroatoms. The second kappa shape index (κ2) is 3.98. The zero-order valence-electron chi connectivity index (χ0n) is 11.8. The van der Waals surface area contributed by atoms with Gasteiger partial charge in [-0.2, -0.15) is 0 Å². The van der Waals surface area contributed by atoms with Crippen LogP contribution in [-0.2, 0) is 9.53 Å². The summed E-state index contributed by atoms with van der Waals surface area (Å²) in [4.78, 5) is 12.8. The van der Waals surface area contributed by atoms with Gasteiger partial charge < -0.3 is 14.9 Å². The Balaban J connectivity index is 1.89. The second-order valence-electron chi connectivity index (χ2n) is 6.08. The van der Waals surface area contributed by atoms with Crippen molar-refractivity contribution in [3.8, 4) is 5.75 Å². The number of aromatic hydroxyl groups is 1. The number of fused-ring (bicyclic) bond motifs is 5. The summed E-state index contributed by atoms with van der Waals surface area (Å²) < 4.78 is 5.68. The number of aliphatic hydroxyl groups excluding tert-OH is 1. The molecule has 0 aromatic heterocycles. The first-order chi connectivity index (χ1) is 9.99. The highest BCUT2D eigenvalue weighted by Crippen LogP contribution is 2.51. The molecule has 2 N–H and O–H groups in total. The number of phenols is 1. The lowest BCUT2D eigenvalue weighted by Crippen LogP contribution is -2.26. The Morgan fingerprint density at radius 3 is 2.14 bits per heavy atom. The Labute approximate surface area is 122 Å². The van der Waals surface area contributed by atoms with Gasteiger partial charge in [-0.25, -0.2) is 0 Å². The van der Waals surface area contributed by atoms with Crippen molar-refractivity contribution in [1.29, 1.82) is 0 Å². The van der Waals surface area contributed by atoms with Gasteiger partial charge in [0.1, 0.15) is 11.5 Å². The van der Waals surface area contributed by atoms with Crippen LogP contribution in [0.5, 0.6) is 5.75 Å². The number of benzene rings is 1. The summed E-state index contributed by atoms with van der Waals surface area (Å²) in [5.74, 6) is -0.299. The number of aliphatic hydroxyl groups is 1. The molecular weight excluding hydrogens is 268 g/mol. The standard InChI is InChI=1S/C17H16O4/c1-7-5-9(18)6-8(2)12(7)15-16(19)13-10-3-4-11(21-10)14(13)17(15)20/h3-6,10-11,13-14,18-19H,1-2H3. The minimum Gasteiger partial charge on any atom is -0.511 e. The molecule has 4 atom stereocenters. The summed E-state index contributed by atoms with van der Waals surface area (Å²) in [5.41, 5.74) is 2.73. The average Bonchev–Trinajstić information content (AvgIpc) is 3.06. The number of carbonyl (C=O) groups is 1. The molecule has 21 heavy (non-hydrogen) atoms. The van der Waals surface area contributed by atoms with E-state index in [1.165, 1.54) is 0 Å². The molecule has 1 saturated heterocycles. The average molecular weight is 284 g/mol. The van der Waals surface area contributed by atoms with E-state index in [1.54, 1.807) is 12.1 Å². The van der Waals surface area contributed by atoms with E-state index in [1.807, 2.05) is 26.0 Å². The molecule has 2 bridgehead atoms. The van der Waals surface area contributed by atoms with Crippen molar-refractivity contribution in [2.75, 3.05) is 0 Å². The summed E-state index contributed by atoms with van der Waals surface area (Å²) in [6.45, 7) is 3.68. The second-order valence-corrected chi connectivity index (χ2v) is 6.08. The first kappa shape index (κ1) is 12.7. The minimum absolute atomic E-state index is 0.0498. The zero-order chi connectivity index (χ0) is 14.9. The maximum atomic E-state index is 12.8. The van der Waals surface area contributed by atoms with E-state index in [-0.39, 0.29) is 41.3 Å². The van der Waals surface area contributed by atoms with Crippen molar-refractivity contribution < 1.29 is 19.7 Å². The fourth-order valence-corrected chi connectivity index (χ4v) is 3.99. The van der Waals surface area contributed by atoms with Crippen LogP contribution < -0.4 is 0 Å². The fourth-order valence-electron chi connectivity index (χ4n) is 3.99. The van der Waals surface area contributed by atoms with Gasteiger partial charge in [-0.05, 0) is 42.7 Å². The number of phenolic OH excluding ortho intramolecular Hbond substituents is 1. The Bertz CT molecular complexity index is 705. The van der Waals surface area contributed by atoms with Crippen LogP contribution in [0.15, 0.2) is 30.0 Å². The highest BCUT2D eigenvalue weighted by molar-refractivity contribution is 6.26.